The van der Waals surface area contributed by atoms with Gasteiger partial charge in [-0.3, -0.25) is 0 Å². The van der Waals surface area contributed by atoms with Crippen molar-refractivity contribution in [1.29, 1.82) is 0 Å². The van der Waals surface area contributed by atoms with E-state index in [4.69, 9.17) is 13.9 Å². The number of hydrogen-bond donors (Lipinski definition) is 0. The van der Waals surface area contributed by atoms with E-state index >= 15 is 0 Å². The molecule has 0 aliphatic heterocycles. The number of rotatable bonds is 7. The van der Waals surface area contributed by atoms with Crippen LogP contribution >= 0.6 is 0 Å². The van der Waals surface area contributed by atoms with Gasteiger partial charge in [0.25, 0.3) is 0 Å². The van der Waals surface area contributed by atoms with Crippen LogP contribution in [-0.2, 0) is 17.8 Å². The van der Waals surface area contributed by atoms with Crippen LogP contribution in [0.4, 0.5) is 11.4 Å². The van der Waals surface area contributed by atoms with Crippen molar-refractivity contribution in [3.63, 3.8) is 0 Å². The topological polar surface area (TPSA) is 69.0 Å². The molecule has 168 valence electrons. The predicted molar refractivity (Wildman–Crippen MR) is 128 cm³/mol. The SMILES string of the molecule is CCc1ccc(COC(=O)c2cc(N(C)c3cc(=O)oc4ccccc34)ccc2OC)cc1. The summed E-state index contributed by atoms with van der Waals surface area (Å²) in [6, 6.07) is 22.0. The normalized spacial score (nSPS) is 10.8. The van der Waals surface area contributed by atoms with Gasteiger partial charge in [-0.1, -0.05) is 43.3 Å². The van der Waals surface area contributed by atoms with Crippen molar-refractivity contribution >= 4 is 28.3 Å². The summed E-state index contributed by atoms with van der Waals surface area (Å²) in [6.07, 6.45) is 0.955. The molecule has 3 aromatic carbocycles. The maximum absolute atomic E-state index is 12.9. The Balaban J connectivity index is 1.62. The molecule has 33 heavy (non-hydrogen) atoms. The van der Waals surface area contributed by atoms with E-state index in [0.717, 1.165) is 17.4 Å². The van der Waals surface area contributed by atoms with E-state index in [1.807, 2.05) is 60.5 Å². The summed E-state index contributed by atoms with van der Waals surface area (Å²) in [6.45, 7) is 2.26. The third-order valence-electron chi connectivity index (χ3n) is 5.58. The molecule has 0 saturated heterocycles. The number of esters is 1. The Bertz CT molecular complexity index is 1340. The van der Waals surface area contributed by atoms with Crippen molar-refractivity contribution in [1.82, 2.24) is 0 Å². The number of carbonyl (C=O) groups is 1. The summed E-state index contributed by atoms with van der Waals surface area (Å²) in [5.41, 5.74) is 3.86. The molecule has 0 aliphatic rings. The van der Waals surface area contributed by atoms with Crippen LogP contribution in [0.5, 0.6) is 5.75 Å². The Hall–Kier alpha value is -4.06. The monoisotopic (exact) mass is 443 g/mol. The van der Waals surface area contributed by atoms with Crippen LogP contribution in [0.3, 0.4) is 0 Å². The number of methoxy groups -OCH3 is 1. The second kappa shape index (κ2) is 9.61. The molecule has 1 aromatic heterocycles. The quantitative estimate of drug-likeness (QED) is 0.278. The highest BCUT2D eigenvalue weighted by Gasteiger charge is 2.18. The highest BCUT2D eigenvalue weighted by Crippen LogP contribution is 2.32. The van der Waals surface area contributed by atoms with E-state index in [1.165, 1.54) is 18.7 Å². The average molecular weight is 443 g/mol. The standard InChI is InChI=1S/C27H25NO5/c1-4-18-9-11-19(12-10-18)17-32-27(30)22-15-20(13-14-24(22)31-3)28(2)23-16-26(29)33-25-8-6-5-7-21(23)25/h5-16H,4,17H2,1-3H3. The highest BCUT2D eigenvalue weighted by molar-refractivity contribution is 5.96. The van der Waals surface area contributed by atoms with Crippen LogP contribution in [0, 0.1) is 0 Å². The first-order valence-electron chi connectivity index (χ1n) is 10.7. The maximum Gasteiger partial charge on any atom is 0.342 e. The van der Waals surface area contributed by atoms with Gasteiger partial charge in [-0.05, 0) is 47.9 Å². The highest BCUT2D eigenvalue weighted by atomic mass is 16.5. The van der Waals surface area contributed by atoms with E-state index < -0.39 is 11.6 Å². The van der Waals surface area contributed by atoms with Gasteiger partial charge in [-0.15, -0.1) is 0 Å². The van der Waals surface area contributed by atoms with Gasteiger partial charge in [0.2, 0.25) is 0 Å². The second-order valence-corrected chi connectivity index (χ2v) is 7.64. The Labute approximate surface area is 192 Å². The molecule has 0 N–H and O–H groups in total. The van der Waals surface area contributed by atoms with Crippen molar-refractivity contribution in [2.45, 2.75) is 20.0 Å². The average Bonchev–Trinajstić information content (AvgIpc) is 2.86. The van der Waals surface area contributed by atoms with Gasteiger partial charge < -0.3 is 18.8 Å². The van der Waals surface area contributed by atoms with Crippen LogP contribution in [0.2, 0.25) is 0 Å². The number of benzene rings is 3. The van der Waals surface area contributed by atoms with E-state index in [2.05, 4.69) is 6.92 Å². The summed E-state index contributed by atoms with van der Waals surface area (Å²) in [7, 11) is 3.34. The van der Waals surface area contributed by atoms with Crippen molar-refractivity contribution in [2.75, 3.05) is 19.1 Å². The second-order valence-electron chi connectivity index (χ2n) is 7.64. The zero-order valence-electron chi connectivity index (χ0n) is 18.8. The van der Waals surface area contributed by atoms with E-state index in [9.17, 15) is 9.59 Å². The molecule has 0 unspecified atom stereocenters. The van der Waals surface area contributed by atoms with Gasteiger partial charge >= 0.3 is 11.6 Å². The minimum atomic E-state index is -0.487. The molecule has 0 amide bonds. The summed E-state index contributed by atoms with van der Waals surface area (Å²) in [5.74, 6) is -0.0741. The number of nitrogens with zero attached hydrogens (tertiary/aromatic N) is 1. The van der Waals surface area contributed by atoms with Gasteiger partial charge in [0.05, 0.1) is 12.8 Å². The molecule has 0 saturated carbocycles. The van der Waals surface area contributed by atoms with Crippen LogP contribution in [0.15, 0.2) is 82.0 Å². The number of carbonyl (C=O) groups excluding carboxylic acids is 1. The third-order valence-corrected chi connectivity index (χ3v) is 5.58. The molecule has 0 aliphatic carbocycles. The fourth-order valence-electron chi connectivity index (χ4n) is 3.67. The number of ether oxygens (including phenoxy) is 2. The lowest BCUT2D eigenvalue weighted by atomic mass is 10.1. The largest absolute Gasteiger partial charge is 0.496 e. The zero-order chi connectivity index (χ0) is 23.4. The first kappa shape index (κ1) is 22.1. The molecule has 1 heterocycles. The smallest absolute Gasteiger partial charge is 0.342 e. The third kappa shape index (κ3) is 4.75. The van der Waals surface area contributed by atoms with E-state index in [0.29, 0.717) is 28.3 Å². The number of aryl methyl sites for hydroxylation is 1. The van der Waals surface area contributed by atoms with Crippen molar-refractivity contribution in [3.8, 4) is 5.75 Å². The van der Waals surface area contributed by atoms with Crippen LogP contribution in [-0.4, -0.2) is 20.1 Å². The first-order chi connectivity index (χ1) is 16.0. The van der Waals surface area contributed by atoms with Gasteiger partial charge in [0, 0.05) is 24.2 Å². The molecule has 0 fully saturated rings. The zero-order valence-corrected chi connectivity index (χ0v) is 18.8. The molecule has 6 nitrogen and oxygen atoms in total. The molecule has 0 radical (unpaired) electrons. The summed E-state index contributed by atoms with van der Waals surface area (Å²) < 4.78 is 16.3. The van der Waals surface area contributed by atoms with Crippen molar-refractivity contribution in [2.24, 2.45) is 0 Å². The lowest BCUT2D eigenvalue weighted by Gasteiger charge is -2.22. The Kier molecular flexibility index (Phi) is 6.45. The van der Waals surface area contributed by atoms with Crippen molar-refractivity contribution < 1.29 is 18.7 Å². The number of hydrogen-bond acceptors (Lipinski definition) is 6. The molecular weight excluding hydrogens is 418 g/mol. The number of para-hydroxylation sites is 1. The Morgan fingerprint density at radius 3 is 2.42 bits per heavy atom. The summed E-state index contributed by atoms with van der Waals surface area (Å²) in [4.78, 5) is 26.8. The first-order valence-corrected chi connectivity index (χ1v) is 10.7. The van der Waals surface area contributed by atoms with E-state index in [1.54, 1.807) is 18.2 Å². The molecule has 0 spiro atoms. The summed E-state index contributed by atoms with van der Waals surface area (Å²) >= 11 is 0. The molecule has 0 atom stereocenters. The van der Waals surface area contributed by atoms with Gasteiger partial charge in [-0.2, -0.15) is 0 Å². The molecule has 6 heteroatoms. The van der Waals surface area contributed by atoms with E-state index in [-0.39, 0.29) is 6.61 Å². The van der Waals surface area contributed by atoms with Crippen LogP contribution in [0.1, 0.15) is 28.4 Å². The Morgan fingerprint density at radius 2 is 1.70 bits per heavy atom. The minimum absolute atomic E-state index is 0.163. The number of anilines is 2. The fraction of sp³-hybridized carbons (Fsp3) is 0.185. The van der Waals surface area contributed by atoms with Crippen LogP contribution in [0.25, 0.3) is 11.0 Å². The predicted octanol–water partition coefficient (Wildman–Crippen LogP) is 5.49. The van der Waals surface area contributed by atoms with Crippen LogP contribution < -0.4 is 15.3 Å². The lowest BCUT2D eigenvalue weighted by Crippen LogP contribution is -2.14. The molecule has 4 aromatic rings. The van der Waals surface area contributed by atoms with Gasteiger partial charge in [0.15, 0.2) is 0 Å². The fourth-order valence-corrected chi connectivity index (χ4v) is 3.67. The molecule has 0 bridgehead atoms. The molecule has 4 rings (SSSR count). The molecular formula is C27H25NO5. The van der Waals surface area contributed by atoms with Gasteiger partial charge in [0.1, 0.15) is 23.5 Å². The maximum atomic E-state index is 12.9. The van der Waals surface area contributed by atoms with Gasteiger partial charge in [-0.25, -0.2) is 9.59 Å². The minimum Gasteiger partial charge on any atom is -0.496 e. The Morgan fingerprint density at radius 1 is 0.970 bits per heavy atom. The lowest BCUT2D eigenvalue weighted by molar-refractivity contribution is 0.0469. The summed E-state index contributed by atoms with van der Waals surface area (Å²) in [5, 5.41) is 0.787. The number of fused-ring (bicyclic) bond motifs is 1. The van der Waals surface area contributed by atoms with Crippen molar-refractivity contribution in [3.05, 3.63) is 99.9 Å².